The Bertz CT molecular complexity index is 1100. The number of aromatic nitrogens is 1. The summed E-state index contributed by atoms with van der Waals surface area (Å²) in [6.07, 6.45) is 0. The molecule has 0 aliphatic heterocycles. The third-order valence-corrected chi connectivity index (χ3v) is 5.61. The lowest BCUT2D eigenvalue weighted by Gasteiger charge is -2.08. The van der Waals surface area contributed by atoms with E-state index in [1.165, 1.54) is 11.3 Å². The molecule has 2 aromatic carbocycles. The number of methoxy groups -OCH3 is 1. The van der Waals surface area contributed by atoms with Crippen LogP contribution in [0.4, 0.5) is 0 Å². The Kier molecular flexibility index (Phi) is 6.16. The molecule has 8 heteroatoms. The second kappa shape index (κ2) is 8.58. The zero-order valence-electron chi connectivity index (χ0n) is 15.7. The highest BCUT2D eigenvalue weighted by atomic mass is 35.5. The van der Waals surface area contributed by atoms with E-state index in [4.69, 9.17) is 21.1 Å². The average molecular weight is 419 g/mol. The molecule has 0 fully saturated rings. The van der Waals surface area contributed by atoms with Crippen molar-refractivity contribution in [1.82, 2.24) is 4.57 Å². The second-order valence-electron chi connectivity index (χ2n) is 5.94. The van der Waals surface area contributed by atoms with Gasteiger partial charge in [0.05, 0.1) is 23.9 Å². The molecule has 1 aromatic heterocycles. The lowest BCUT2D eigenvalue weighted by molar-refractivity contribution is -0.143. The van der Waals surface area contributed by atoms with Crippen molar-refractivity contribution in [3.63, 3.8) is 0 Å². The van der Waals surface area contributed by atoms with Gasteiger partial charge in [0.2, 0.25) is 0 Å². The summed E-state index contributed by atoms with van der Waals surface area (Å²) in [5.41, 5.74) is 2.01. The van der Waals surface area contributed by atoms with Crippen LogP contribution in [0.5, 0.6) is 5.75 Å². The Morgan fingerprint density at radius 1 is 1.18 bits per heavy atom. The van der Waals surface area contributed by atoms with E-state index in [2.05, 4.69) is 4.99 Å². The van der Waals surface area contributed by atoms with Gasteiger partial charge in [-0.05, 0) is 55.8 Å². The maximum atomic E-state index is 12.6. The van der Waals surface area contributed by atoms with Gasteiger partial charge in [-0.1, -0.05) is 22.9 Å². The summed E-state index contributed by atoms with van der Waals surface area (Å²) in [5.74, 6) is -0.156. The molecule has 0 saturated carbocycles. The minimum Gasteiger partial charge on any atom is -0.497 e. The molecule has 0 aliphatic rings. The lowest BCUT2D eigenvalue weighted by Crippen LogP contribution is -2.23. The number of hydrogen-bond acceptors (Lipinski definition) is 5. The van der Waals surface area contributed by atoms with E-state index in [0.717, 1.165) is 15.8 Å². The lowest BCUT2D eigenvalue weighted by atomic mass is 10.2. The van der Waals surface area contributed by atoms with Crippen LogP contribution in [0, 0.1) is 6.92 Å². The number of thiazole rings is 1. The smallest absolute Gasteiger partial charge is 0.326 e. The highest BCUT2D eigenvalue weighted by Gasteiger charge is 2.16. The summed E-state index contributed by atoms with van der Waals surface area (Å²) in [6, 6.07) is 10.3. The van der Waals surface area contributed by atoms with Gasteiger partial charge in [-0.2, -0.15) is 4.99 Å². The summed E-state index contributed by atoms with van der Waals surface area (Å²) in [6.45, 7) is 3.84. The van der Waals surface area contributed by atoms with E-state index in [9.17, 15) is 9.59 Å². The highest BCUT2D eigenvalue weighted by Crippen LogP contribution is 2.27. The van der Waals surface area contributed by atoms with Crippen molar-refractivity contribution in [3.8, 4) is 5.75 Å². The van der Waals surface area contributed by atoms with Gasteiger partial charge in [0, 0.05) is 10.6 Å². The molecule has 146 valence electrons. The van der Waals surface area contributed by atoms with E-state index in [1.807, 2.05) is 13.0 Å². The van der Waals surface area contributed by atoms with Crippen molar-refractivity contribution in [3.05, 3.63) is 57.3 Å². The van der Waals surface area contributed by atoms with Crippen LogP contribution in [0.3, 0.4) is 0 Å². The number of fused-ring (bicyclic) bond motifs is 1. The predicted molar refractivity (Wildman–Crippen MR) is 109 cm³/mol. The maximum Gasteiger partial charge on any atom is 0.326 e. The number of rotatable bonds is 5. The van der Waals surface area contributed by atoms with E-state index >= 15 is 0 Å². The van der Waals surface area contributed by atoms with Crippen LogP contribution in [-0.2, 0) is 16.1 Å². The molecule has 1 heterocycles. The molecule has 0 bridgehead atoms. The first-order valence-corrected chi connectivity index (χ1v) is 9.81. The number of amides is 1. The zero-order chi connectivity index (χ0) is 20.3. The Morgan fingerprint density at radius 2 is 1.89 bits per heavy atom. The van der Waals surface area contributed by atoms with Crippen LogP contribution < -0.4 is 9.54 Å². The van der Waals surface area contributed by atoms with Gasteiger partial charge in [0.1, 0.15) is 12.3 Å². The molecule has 28 heavy (non-hydrogen) atoms. The van der Waals surface area contributed by atoms with Crippen molar-refractivity contribution in [2.24, 2.45) is 4.99 Å². The third-order valence-electron chi connectivity index (χ3n) is 4.16. The van der Waals surface area contributed by atoms with Crippen LogP contribution >= 0.6 is 22.9 Å². The van der Waals surface area contributed by atoms with Crippen LogP contribution in [-0.4, -0.2) is 30.2 Å². The molecule has 0 radical (unpaired) electrons. The number of nitrogens with zero attached hydrogens (tertiary/aromatic N) is 2. The first kappa shape index (κ1) is 20.1. The van der Waals surface area contributed by atoms with Gasteiger partial charge in [-0.3, -0.25) is 9.59 Å². The minimum atomic E-state index is -0.407. The Hall–Kier alpha value is -2.64. The first-order chi connectivity index (χ1) is 13.4. The highest BCUT2D eigenvalue weighted by molar-refractivity contribution is 7.16. The molecule has 0 unspecified atom stereocenters. The molecular formula is C20H19ClN2O4S. The van der Waals surface area contributed by atoms with Gasteiger partial charge in [-0.25, -0.2) is 0 Å². The Labute approximate surface area is 171 Å². The van der Waals surface area contributed by atoms with Crippen LogP contribution in [0.25, 0.3) is 10.2 Å². The number of hydrogen-bond donors (Lipinski definition) is 0. The first-order valence-electron chi connectivity index (χ1n) is 8.61. The summed E-state index contributed by atoms with van der Waals surface area (Å²) >= 11 is 7.58. The monoisotopic (exact) mass is 418 g/mol. The largest absolute Gasteiger partial charge is 0.497 e. The molecule has 0 atom stereocenters. The van der Waals surface area contributed by atoms with Gasteiger partial charge in [0.25, 0.3) is 5.91 Å². The fourth-order valence-corrected chi connectivity index (χ4v) is 4.01. The number of aryl methyl sites for hydroxylation is 1. The number of esters is 1. The van der Waals surface area contributed by atoms with Gasteiger partial charge < -0.3 is 14.0 Å². The SMILES string of the molecule is CCOC(=O)Cn1c(=NC(=O)c2ccc(OC)cc2)sc2ccc(Cl)c(C)c21. The fourth-order valence-electron chi connectivity index (χ4n) is 2.77. The van der Waals surface area contributed by atoms with Crippen molar-refractivity contribution in [1.29, 1.82) is 0 Å². The number of ether oxygens (including phenoxy) is 2. The molecule has 0 aliphatic carbocycles. The summed E-state index contributed by atoms with van der Waals surface area (Å²) in [5, 5.41) is 0.580. The second-order valence-corrected chi connectivity index (χ2v) is 7.36. The average Bonchev–Trinajstić information content (AvgIpc) is 3.02. The van der Waals surface area contributed by atoms with Crippen molar-refractivity contribution in [2.75, 3.05) is 13.7 Å². The molecule has 0 saturated heterocycles. The minimum absolute atomic E-state index is 0.0518. The molecule has 0 N–H and O–H groups in total. The van der Waals surface area contributed by atoms with Crippen LogP contribution in [0.15, 0.2) is 41.4 Å². The van der Waals surface area contributed by atoms with Crippen molar-refractivity contribution in [2.45, 2.75) is 20.4 Å². The molecule has 3 aromatic rings. The van der Waals surface area contributed by atoms with Gasteiger partial charge in [-0.15, -0.1) is 0 Å². The van der Waals surface area contributed by atoms with E-state index < -0.39 is 11.9 Å². The van der Waals surface area contributed by atoms with Crippen molar-refractivity contribution >= 4 is 45.0 Å². The molecule has 0 spiro atoms. The fraction of sp³-hybridized carbons (Fsp3) is 0.250. The standard InChI is InChI=1S/C20H19ClN2O4S/c1-4-27-17(24)11-23-18-12(2)15(21)9-10-16(18)28-20(23)22-19(25)13-5-7-14(26-3)8-6-13/h5-10H,4,11H2,1-3H3. The van der Waals surface area contributed by atoms with E-state index in [-0.39, 0.29) is 13.2 Å². The predicted octanol–water partition coefficient (Wildman–Crippen LogP) is 3.98. The number of benzene rings is 2. The molecule has 3 rings (SSSR count). The van der Waals surface area contributed by atoms with Crippen LogP contribution in [0.2, 0.25) is 5.02 Å². The maximum absolute atomic E-state index is 12.6. The van der Waals surface area contributed by atoms with Crippen molar-refractivity contribution < 1.29 is 19.1 Å². The Morgan fingerprint density at radius 3 is 2.54 bits per heavy atom. The number of halogens is 1. The quantitative estimate of drug-likeness (QED) is 0.588. The summed E-state index contributed by atoms with van der Waals surface area (Å²) in [7, 11) is 1.56. The topological polar surface area (TPSA) is 69.9 Å². The molecule has 1 amide bonds. The Balaban J connectivity index is 2.12. The number of carbonyl (C=O) groups excluding carboxylic acids is 2. The normalized spacial score (nSPS) is 11.6. The summed E-state index contributed by atoms with van der Waals surface area (Å²) < 4.78 is 12.7. The van der Waals surface area contributed by atoms with Crippen LogP contribution in [0.1, 0.15) is 22.8 Å². The zero-order valence-corrected chi connectivity index (χ0v) is 17.3. The molecular weight excluding hydrogens is 400 g/mol. The summed E-state index contributed by atoms with van der Waals surface area (Å²) in [4.78, 5) is 29.4. The number of carbonyl (C=O) groups is 2. The van der Waals surface area contributed by atoms with E-state index in [1.54, 1.807) is 48.9 Å². The van der Waals surface area contributed by atoms with Gasteiger partial charge >= 0.3 is 5.97 Å². The van der Waals surface area contributed by atoms with E-state index in [0.29, 0.717) is 21.1 Å². The van der Waals surface area contributed by atoms with Gasteiger partial charge in [0.15, 0.2) is 4.80 Å². The molecule has 6 nitrogen and oxygen atoms in total. The third kappa shape index (κ3) is 4.10.